The van der Waals surface area contributed by atoms with Crippen molar-refractivity contribution in [2.24, 2.45) is 0 Å². The number of likely N-dealkylation sites (N-methyl/N-ethyl adjacent to an activating group) is 1. The van der Waals surface area contributed by atoms with Gasteiger partial charge >= 0.3 is 0 Å². The number of carbonyl (C=O) groups excluding carboxylic acids is 2. The molecule has 4 nitrogen and oxygen atoms in total. The van der Waals surface area contributed by atoms with Gasteiger partial charge in [0.2, 0.25) is 5.91 Å². The van der Waals surface area contributed by atoms with Crippen molar-refractivity contribution in [1.82, 2.24) is 4.90 Å². The number of carbonyl (C=O) groups is 2. The number of amides is 2. The highest BCUT2D eigenvalue weighted by molar-refractivity contribution is 5.99. The summed E-state index contributed by atoms with van der Waals surface area (Å²) in [5.41, 5.74) is 4.61. The summed E-state index contributed by atoms with van der Waals surface area (Å²) in [6, 6.07) is 13.1. The second-order valence-electron chi connectivity index (χ2n) is 5.82. The van der Waals surface area contributed by atoms with E-state index in [-0.39, 0.29) is 18.4 Å². The molecular formula is C19H22N2O2. The quantitative estimate of drug-likeness (QED) is 0.941. The maximum Gasteiger partial charge on any atom is 0.254 e. The molecule has 120 valence electrons. The third-order valence-corrected chi connectivity index (χ3v) is 3.90. The van der Waals surface area contributed by atoms with E-state index in [0.717, 1.165) is 22.4 Å². The van der Waals surface area contributed by atoms with Gasteiger partial charge < -0.3 is 10.2 Å². The van der Waals surface area contributed by atoms with Crippen molar-refractivity contribution in [2.75, 3.05) is 18.9 Å². The Bertz CT molecular complexity index is 721. The Morgan fingerprint density at radius 1 is 1.00 bits per heavy atom. The Morgan fingerprint density at radius 3 is 2.30 bits per heavy atom. The Balaban J connectivity index is 2.00. The van der Waals surface area contributed by atoms with E-state index in [2.05, 4.69) is 5.32 Å². The summed E-state index contributed by atoms with van der Waals surface area (Å²) >= 11 is 0. The zero-order valence-electron chi connectivity index (χ0n) is 14.0. The molecule has 0 saturated carbocycles. The lowest BCUT2D eigenvalue weighted by Gasteiger charge is -2.18. The SMILES string of the molecule is Cc1ccc(C(=O)N(C)CC(=O)Nc2cccc(C)c2C)cc1. The van der Waals surface area contributed by atoms with E-state index in [4.69, 9.17) is 0 Å². The van der Waals surface area contributed by atoms with Crippen LogP contribution in [0.3, 0.4) is 0 Å². The van der Waals surface area contributed by atoms with Gasteiger partial charge in [0.25, 0.3) is 5.91 Å². The molecule has 0 aliphatic heterocycles. The first-order chi connectivity index (χ1) is 10.9. The van der Waals surface area contributed by atoms with Crippen molar-refractivity contribution in [3.05, 3.63) is 64.7 Å². The van der Waals surface area contributed by atoms with Crippen LogP contribution in [0.25, 0.3) is 0 Å². The number of nitrogens with zero attached hydrogens (tertiary/aromatic N) is 1. The normalized spacial score (nSPS) is 10.3. The summed E-state index contributed by atoms with van der Waals surface area (Å²) in [6.45, 7) is 5.94. The van der Waals surface area contributed by atoms with Gasteiger partial charge in [-0.1, -0.05) is 29.8 Å². The molecule has 2 aromatic carbocycles. The van der Waals surface area contributed by atoms with Crippen molar-refractivity contribution >= 4 is 17.5 Å². The minimum Gasteiger partial charge on any atom is -0.332 e. The third-order valence-electron chi connectivity index (χ3n) is 3.90. The monoisotopic (exact) mass is 310 g/mol. The highest BCUT2D eigenvalue weighted by atomic mass is 16.2. The predicted molar refractivity (Wildman–Crippen MR) is 92.7 cm³/mol. The van der Waals surface area contributed by atoms with Crippen molar-refractivity contribution in [1.29, 1.82) is 0 Å². The Labute approximate surface area is 137 Å². The first-order valence-electron chi connectivity index (χ1n) is 7.56. The summed E-state index contributed by atoms with van der Waals surface area (Å²) < 4.78 is 0. The lowest BCUT2D eigenvalue weighted by Crippen LogP contribution is -2.35. The molecule has 0 aliphatic rings. The van der Waals surface area contributed by atoms with Crippen molar-refractivity contribution in [2.45, 2.75) is 20.8 Å². The van der Waals surface area contributed by atoms with Crippen LogP contribution in [0.1, 0.15) is 27.0 Å². The average molecular weight is 310 g/mol. The van der Waals surface area contributed by atoms with Gasteiger partial charge in [0.15, 0.2) is 0 Å². The van der Waals surface area contributed by atoms with Crippen LogP contribution in [0, 0.1) is 20.8 Å². The molecule has 0 heterocycles. The van der Waals surface area contributed by atoms with E-state index >= 15 is 0 Å². The maximum absolute atomic E-state index is 12.3. The molecule has 0 unspecified atom stereocenters. The molecule has 4 heteroatoms. The van der Waals surface area contributed by atoms with E-state index in [1.165, 1.54) is 4.90 Å². The topological polar surface area (TPSA) is 49.4 Å². The molecule has 0 radical (unpaired) electrons. The fourth-order valence-electron chi connectivity index (χ4n) is 2.28. The second-order valence-corrected chi connectivity index (χ2v) is 5.82. The van der Waals surface area contributed by atoms with Crippen LogP contribution in [0.4, 0.5) is 5.69 Å². The van der Waals surface area contributed by atoms with Crippen molar-refractivity contribution in [3.63, 3.8) is 0 Å². The molecule has 0 bridgehead atoms. The standard InChI is InChI=1S/C19H22N2O2/c1-13-8-10-16(11-9-13)19(23)21(4)12-18(22)20-17-7-5-6-14(2)15(17)3/h5-11H,12H2,1-4H3,(H,20,22). The highest BCUT2D eigenvalue weighted by Gasteiger charge is 2.15. The van der Waals surface area contributed by atoms with Crippen LogP contribution >= 0.6 is 0 Å². The molecule has 1 N–H and O–H groups in total. The summed E-state index contributed by atoms with van der Waals surface area (Å²) in [5.74, 6) is -0.372. The van der Waals surface area contributed by atoms with Crippen LogP contribution in [0.2, 0.25) is 0 Å². The zero-order chi connectivity index (χ0) is 17.0. The molecule has 0 aliphatic carbocycles. The van der Waals surface area contributed by atoms with Crippen LogP contribution in [0.5, 0.6) is 0 Å². The molecule has 0 fully saturated rings. The van der Waals surface area contributed by atoms with Crippen molar-refractivity contribution < 1.29 is 9.59 Å². The van der Waals surface area contributed by atoms with E-state index in [0.29, 0.717) is 5.56 Å². The number of rotatable bonds is 4. The Morgan fingerprint density at radius 2 is 1.65 bits per heavy atom. The van der Waals surface area contributed by atoms with Crippen LogP contribution in [-0.2, 0) is 4.79 Å². The van der Waals surface area contributed by atoms with Gasteiger partial charge in [0, 0.05) is 18.3 Å². The highest BCUT2D eigenvalue weighted by Crippen LogP contribution is 2.17. The van der Waals surface area contributed by atoms with Gasteiger partial charge in [-0.3, -0.25) is 9.59 Å². The number of aryl methyl sites for hydroxylation is 2. The van der Waals surface area contributed by atoms with E-state index < -0.39 is 0 Å². The molecule has 0 aromatic heterocycles. The lowest BCUT2D eigenvalue weighted by molar-refractivity contribution is -0.116. The third kappa shape index (κ3) is 4.19. The lowest BCUT2D eigenvalue weighted by atomic mass is 10.1. The van der Waals surface area contributed by atoms with Gasteiger partial charge in [0.05, 0.1) is 6.54 Å². The molecule has 23 heavy (non-hydrogen) atoms. The minimum absolute atomic E-state index is 0.0140. The van der Waals surface area contributed by atoms with Gasteiger partial charge in [-0.25, -0.2) is 0 Å². The molecule has 2 amide bonds. The maximum atomic E-state index is 12.3. The Hall–Kier alpha value is -2.62. The minimum atomic E-state index is -0.207. The van der Waals surface area contributed by atoms with Gasteiger partial charge in [-0.05, 0) is 50.1 Å². The zero-order valence-corrected chi connectivity index (χ0v) is 14.0. The summed E-state index contributed by atoms with van der Waals surface area (Å²) in [6.07, 6.45) is 0. The summed E-state index contributed by atoms with van der Waals surface area (Å²) in [5, 5.41) is 2.86. The fourth-order valence-corrected chi connectivity index (χ4v) is 2.28. The first kappa shape index (κ1) is 16.7. The summed E-state index contributed by atoms with van der Waals surface area (Å²) in [7, 11) is 1.63. The number of hydrogen-bond acceptors (Lipinski definition) is 2. The van der Waals surface area contributed by atoms with E-state index in [1.54, 1.807) is 19.2 Å². The smallest absolute Gasteiger partial charge is 0.254 e. The van der Waals surface area contributed by atoms with Gasteiger partial charge in [-0.15, -0.1) is 0 Å². The number of anilines is 1. The van der Waals surface area contributed by atoms with E-state index in [1.807, 2.05) is 51.1 Å². The van der Waals surface area contributed by atoms with Crippen LogP contribution < -0.4 is 5.32 Å². The molecule has 0 saturated heterocycles. The molecule has 0 atom stereocenters. The first-order valence-corrected chi connectivity index (χ1v) is 7.56. The number of benzene rings is 2. The Kier molecular flexibility index (Phi) is 5.16. The van der Waals surface area contributed by atoms with E-state index in [9.17, 15) is 9.59 Å². The van der Waals surface area contributed by atoms with Gasteiger partial charge in [0.1, 0.15) is 0 Å². The average Bonchev–Trinajstić information content (AvgIpc) is 2.52. The van der Waals surface area contributed by atoms with Crippen molar-refractivity contribution in [3.8, 4) is 0 Å². The predicted octanol–water partition coefficient (Wildman–Crippen LogP) is 3.32. The number of nitrogens with one attached hydrogen (secondary N) is 1. The summed E-state index contributed by atoms with van der Waals surface area (Å²) in [4.78, 5) is 25.9. The second kappa shape index (κ2) is 7.09. The van der Waals surface area contributed by atoms with Crippen LogP contribution in [0.15, 0.2) is 42.5 Å². The fraction of sp³-hybridized carbons (Fsp3) is 0.263. The molecular weight excluding hydrogens is 288 g/mol. The van der Waals surface area contributed by atoms with Gasteiger partial charge in [-0.2, -0.15) is 0 Å². The molecule has 2 aromatic rings. The van der Waals surface area contributed by atoms with Crippen LogP contribution in [-0.4, -0.2) is 30.3 Å². The molecule has 2 rings (SSSR count). The number of hydrogen-bond donors (Lipinski definition) is 1. The largest absolute Gasteiger partial charge is 0.332 e. The molecule has 0 spiro atoms.